The number of halogens is 1. The molecular formula is C22H26FN3S. The Balaban J connectivity index is 1.33. The molecule has 3 nitrogen and oxygen atoms in total. The summed E-state index contributed by atoms with van der Waals surface area (Å²) in [5.74, 6) is -0.167. The Morgan fingerprint density at radius 2 is 1.81 bits per heavy atom. The van der Waals surface area contributed by atoms with Gasteiger partial charge in [0.15, 0.2) is 5.11 Å². The van der Waals surface area contributed by atoms with E-state index in [2.05, 4.69) is 34.6 Å². The molecule has 2 aliphatic rings. The van der Waals surface area contributed by atoms with Gasteiger partial charge in [0.25, 0.3) is 0 Å². The Bertz CT molecular complexity index is 793. The van der Waals surface area contributed by atoms with E-state index in [0.717, 1.165) is 25.1 Å². The zero-order valence-corrected chi connectivity index (χ0v) is 16.4. The van der Waals surface area contributed by atoms with Gasteiger partial charge >= 0.3 is 0 Å². The Labute approximate surface area is 166 Å². The fraction of sp³-hybridized carbons (Fsp3) is 0.409. The molecule has 2 bridgehead atoms. The van der Waals surface area contributed by atoms with Crippen LogP contribution in [0.4, 0.5) is 10.1 Å². The van der Waals surface area contributed by atoms with Crippen molar-refractivity contribution >= 4 is 23.0 Å². The molecule has 2 fully saturated rings. The van der Waals surface area contributed by atoms with E-state index in [1.165, 1.54) is 24.0 Å². The molecule has 27 heavy (non-hydrogen) atoms. The highest BCUT2D eigenvalue weighted by Gasteiger charge is 2.40. The van der Waals surface area contributed by atoms with Crippen LogP contribution in [-0.4, -0.2) is 28.1 Å². The van der Waals surface area contributed by atoms with Crippen molar-refractivity contribution in [3.63, 3.8) is 0 Å². The summed E-state index contributed by atoms with van der Waals surface area (Å²) < 4.78 is 13.1. The van der Waals surface area contributed by atoms with Crippen LogP contribution in [0, 0.1) is 12.7 Å². The second-order valence-electron chi connectivity index (χ2n) is 7.82. The molecule has 0 spiro atoms. The van der Waals surface area contributed by atoms with Crippen LogP contribution in [0.15, 0.2) is 48.5 Å². The first-order valence-corrected chi connectivity index (χ1v) is 10.1. The van der Waals surface area contributed by atoms with Crippen molar-refractivity contribution in [3.05, 3.63) is 65.5 Å². The molecule has 4 rings (SSSR count). The molecule has 0 saturated carbocycles. The average molecular weight is 384 g/mol. The molecule has 2 saturated heterocycles. The Morgan fingerprint density at radius 1 is 1.11 bits per heavy atom. The lowest BCUT2D eigenvalue weighted by Crippen LogP contribution is -2.50. The van der Waals surface area contributed by atoms with Crippen LogP contribution in [0.3, 0.4) is 0 Å². The smallest absolute Gasteiger partial charge is 0.170 e. The molecule has 1 unspecified atom stereocenters. The van der Waals surface area contributed by atoms with E-state index in [1.807, 2.05) is 24.3 Å². The van der Waals surface area contributed by atoms with Crippen LogP contribution < -0.4 is 10.6 Å². The summed E-state index contributed by atoms with van der Waals surface area (Å²) in [6.07, 6.45) is 4.69. The summed E-state index contributed by atoms with van der Waals surface area (Å²) in [6.45, 7) is 2.99. The summed E-state index contributed by atoms with van der Waals surface area (Å²) in [6, 6.07) is 16.7. The van der Waals surface area contributed by atoms with Gasteiger partial charge in [-0.2, -0.15) is 0 Å². The lowest BCUT2D eigenvalue weighted by Gasteiger charge is -2.39. The lowest BCUT2D eigenvalue weighted by molar-refractivity contribution is 0.115. The molecule has 0 aliphatic carbocycles. The first kappa shape index (κ1) is 18.4. The molecule has 0 aromatic heterocycles. The number of benzene rings is 2. The predicted octanol–water partition coefficient (Wildman–Crippen LogP) is 4.62. The molecule has 5 heteroatoms. The maximum Gasteiger partial charge on any atom is 0.170 e. The van der Waals surface area contributed by atoms with Crippen molar-refractivity contribution in [1.29, 1.82) is 0 Å². The largest absolute Gasteiger partial charge is 0.360 e. The van der Waals surface area contributed by atoms with Gasteiger partial charge in [-0.1, -0.05) is 24.3 Å². The third-order valence-corrected chi connectivity index (χ3v) is 5.99. The van der Waals surface area contributed by atoms with E-state index in [9.17, 15) is 4.39 Å². The SMILES string of the molecule is Cc1cccc(NC(=S)NC2C[C@H]3CC[C@@H](C2)N3Cc2ccc(F)cc2)c1. The standard InChI is InChI=1S/C22H26FN3S/c1-15-3-2-4-18(11-15)24-22(27)25-19-12-20-9-10-21(13-19)26(20)14-16-5-7-17(23)8-6-16/h2-8,11,19-21H,9-10,12-14H2,1H3,(H2,24,25,27)/t19?,20-,21+. The van der Waals surface area contributed by atoms with Crippen LogP contribution in [0.2, 0.25) is 0 Å². The topological polar surface area (TPSA) is 27.3 Å². The van der Waals surface area contributed by atoms with Crippen molar-refractivity contribution in [1.82, 2.24) is 10.2 Å². The first-order chi connectivity index (χ1) is 13.1. The van der Waals surface area contributed by atoms with Crippen LogP contribution in [-0.2, 0) is 6.54 Å². The van der Waals surface area contributed by atoms with E-state index in [4.69, 9.17) is 12.2 Å². The number of aryl methyl sites for hydroxylation is 1. The van der Waals surface area contributed by atoms with Gasteiger partial charge in [-0.25, -0.2) is 4.39 Å². The third kappa shape index (κ3) is 4.47. The number of nitrogens with zero attached hydrogens (tertiary/aromatic N) is 1. The fourth-order valence-corrected chi connectivity index (χ4v) is 4.81. The molecule has 2 N–H and O–H groups in total. The number of thiocarbonyl (C=S) groups is 1. The normalized spacial score (nSPS) is 24.6. The highest BCUT2D eigenvalue weighted by Crippen LogP contribution is 2.36. The summed E-state index contributed by atoms with van der Waals surface area (Å²) in [5, 5.41) is 7.54. The lowest BCUT2D eigenvalue weighted by atomic mass is 9.96. The number of hydrogen-bond donors (Lipinski definition) is 2. The van der Waals surface area contributed by atoms with E-state index in [1.54, 1.807) is 12.1 Å². The minimum Gasteiger partial charge on any atom is -0.360 e. The van der Waals surface area contributed by atoms with Gasteiger partial charge in [-0.05, 0) is 80.2 Å². The minimum absolute atomic E-state index is 0.167. The number of nitrogens with one attached hydrogen (secondary N) is 2. The van der Waals surface area contributed by atoms with Crippen LogP contribution in [0.25, 0.3) is 0 Å². The van der Waals surface area contributed by atoms with Crippen molar-refractivity contribution in [2.24, 2.45) is 0 Å². The summed E-state index contributed by atoms with van der Waals surface area (Å²) in [7, 11) is 0. The number of piperidine rings is 1. The van der Waals surface area contributed by atoms with Crippen molar-refractivity contribution in [2.75, 3.05) is 5.32 Å². The monoisotopic (exact) mass is 383 g/mol. The second kappa shape index (κ2) is 7.95. The average Bonchev–Trinajstić information content (AvgIpc) is 2.86. The van der Waals surface area contributed by atoms with E-state index < -0.39 is 0 Å². The van der Waals surface area contributed by atoms with Gasteiger partial charge in [-0.3, -0.25) is 4.90 Å². The van der Waals surface area contributed by atoms with Crippen molar-refractivity contribution in [2.45, 2.75) is 57.3 Å². The number of fused-ring (bicyclic) bond motifs is 2. The molecule has 2 heterocycles. The molecule has 2 aromatic carbocycles. The van der Waals surface area contributed by atoms with E-state index in [-0.39, 0.29) is 5.82 Å². The van der Waals surface area contributed by atoms with Crippen LogP contribution >= 0.6 is 12.2 Å². The Morgan fingerprint density at radius 3 is 2.48 bits per heavy atom. The second-order valence-corrected chi connectivity index (χ2v) is 8.23. The van der Waals surface area contributed by atoms with E-state index >= 15 is 0 Å². The predicted molar refractivity (Wildman–Crippen MR) is 112 cm³/mol. The van der Waals surface area contributed by atoms with Crippen molar-refractivity contribution in [3.8, 4) is 0 Å². The van der Waals surface area contributed by atoms with Gasteiger partial charge in [0.2, 0.25) is 0 Å². The van der Waals surface area contributed by atoms with Crippen LogP contribution in [0.5, 0.6) is 0 Å². The zero-order chi connectivity index (χ0) is 18.8. The molecule has 3 atom stereocenters. The van der Waals surface area contributed by atoms with Gasteiger partial charge < -0.3 is 10.6 Å². The number of hydrogen-bond acceptors (Lipinski definition) is 2. The van der Waals surface area contributed by atoms with Gasteiger partial charge in [0, 0.05) is 30.4 Å². The van der Waals surface area contributed by atoms with Gasteiger partial charge in [0.05, 0.1) is 0 Å². The molecule has 2 aliphatic heterocycles. The Kier molecular flexibility index (Phi) is 5.41. The summed E-state index contributed by atoms with van der Waals surface area (Å²) >= 11 is 5.53. The van der Waals surface area contributed by atoms with E-state index in [0.29, 0.717) is 23.2 Å². The van der Waals surface area contributed by atoms with Crippen molar-refractivity contribution < 1.29 is 4.39 Å². The van der Waals surface area contributed by atoms with Crippen LogP contribution in [0.1, 0.15) is 36.8 Å². The fourth-order valence-electron chi connectivity index (χ4n) is 4.53. The highest BCUT2D eigenvalue weighted by atomic mass is 32.1. The Hall–Kier alpha value is -1.98. The highest BCUT2D eigenvalue weighted by molar-refractivity contribution is 7.80. The molecule has 0 radical (unpaired) electrons. The quantitative estimate of drug-likeness (QED) is 0.754. The molecule has 2 aromatic rings. The molecule has 142 valence electrons. The molecular weight excluding hydrogens is 357 g/mol. The third-order valence-electron chi connectivity index (χ3n) is 5.77. The maximum atomic E-state index is 13.1. The van der Waals surface area contributed by atoms with Gasteiger partial charge in [-0.15, -0.1) is 0 Å². The summed E-state index contributed by atoms with van der Waals surface area (Å²) in [4.78, 5) is 2.60. The summed E-state index contributed by atoms with van der Waals surface area (Å²) in [5.41, 5.74) is 3.44. The van der Waals surface area contributed by atoms with Gasteiger partial charge in [0.1, 0.15) is 5.82 Å². The minimum atomic E-state index is -0.167. The first-order valence-electron chi connectivity index (χ1n) is 9.71. The zero-order valence-electron chi connectivity index (χ0n) is 15.6. The number of anilines is 1. The molecule has 0 amide bonds. The number of rotatable bonds is 4. The maximum absolute atomic E-state index is 13.1.